The maximum absolute atomic E-state index is 4.51. The van der Waals surface area contributed by atoms with Gasteiger partial charge in [0.25, 0.3) is 0 Å². The van der Waals surface area contributed by atoms with E-state index in [9.17, 15) is 0 Å². The molecular weight excluding hydrogens is 248 g/mol. The average Bonchev–Trinajstić information content (AvgIpc) is 2.49. The molecule has 1 fully saturated rings. The number of aryl methyl sites for hydroxylation is 1. The van der Waals surface area contributed by atoms with Gasteiger partial charge in [0.2, 0.25) is 0 Å². The van der Waals surface area contributed by atoms with Crippen molar-refractivity contribution in [2.24, 2.45) is 0 Å². The largest absolute Gasteiger partial charge is 0.314 e. The molecule has 0 radical (unpaired) electrons. The maximum Gasteiger partial charge on any atom is 0.142 e. The van der Waals surface area contributed by atoms with Crippen molar-refractivity contribution in [3.05, 3.63) is 48.0 Å². The third-order valence-corrected chi connectivity index (χ3v) is 3.63. The van der Waals surface area contributed by atoms with Crippen molar-refractivity contribution in [2.45, 2.75) is 13.5 Å². The van der Waals surface area contributed by atoms with Crippen molar-refractivity contribution < 1.29 is 0 Å². The lowest BCUT2D eigenvalue weighted by Gasteiger charge is -2.26. The number of aromatic nitrogens is 2. The van der Waals surface area contributed by atoms with E-state index < -0.39 is 0 Å². The van der Waals surface area contributed by atoms with Gasteiger partial charge >= 0.3 is 0 Å². The molecule has 0 aliphatic carbocycles. The average molecular weight is 268 g/mol. The first kappa shape index (κ1) is 13.2. The number of rotatable bonds is 3. The van der Waals surface area contributed by atoms with Crippen LogP contribution in [-0.2, 0) is 6.54 Å². The number of piperazine rings is 1. The van der Waals surface area contributed by atoms with Gasteiger partial charge in [0, 0.05) is 44.1 Å². The highest BCUT2D eigenvalue weighted by atomic mass is 15.2. The SMILES string of the molecule is Cc1cccc(-c2cnc(CN3CCNCC3)nc2)c1. The Bertz CT molecular complexity index is 559. The summed E-state index contributed by atoms with van der Waals surface area (Å²) in [6.07, 6.45) is 3.86. The first-order chi connectivity index (χ1) is 9.81. The van der Waals surface area contributed by atoms with E-state index in [0.29, 0.717) is 0 Å². The van der Waals surface area contributed by atoms with E-state index in [2.05, 4.69) is 51.4 Å². The van der Waals surface area contributed by atoms with Gasteiger partial charge in [-0.25, -0.2) is 9.97 Å². The van der Waals surface area contributed by atoms with Gasteiger partial charge in [-0.3, -0.25) is 4.90 Å². The fraction of sp³-hybridized carbons (Fsp3) is 0.375. The number of nitrogens with one attached hydrogen (secondary N) is 1. The Labute approximate surface area is 119 Å². The molecule has 1 aromatic heterocycles. The molecule has 0 spiro atoms. The standard InChI is InChI=1S/C16H20N4/c1-13-3-2-4-14(9-13)15-10-18-16(19-11-15)12-20-7-5-17-6-8-20/h2-4,9-11,17H,5-8,12H2,1H3. The normalized spacial score (nSPS) is 16.2. The molecule has 2 aromatic rings. The molecule has 104 valence electrons. The van der Waals surface area contributed by atoms with Crippen LogP contribution in [0.4, 0.5) is 0 Å². The first-order valence-corrected chi connectivity index (χ1v) is 7.12. The molecule has 0 bridgehead atoms. The molecule has 4 heteroatoms. The molecule has 2 heterocycles. The van der Waals surface area contributed by atoms with Crippen LogP contribution in [0.25, 0.3) is 11.1 Å². The van der Waals surface area contributed by atoms with Crippen molar-refractivity contribution in [1.29, 1.82) is 0 Å². The second kappa shape index (κ2) is 6.11. The molecule has 4 nitrogen and oxygen atoms in total. The van der Waals surface area contributed by atoms with Gasteiger partial charge in [-0.2, -0.15) is 0 Å². The molecule has 0 amide bonds. The van der Waals surface area contributed by atoms with Gasteiger partial charge in [0.1, 0.15) is 5.82 Å². The molecule has 1 aliphatic heterocycles. The smallest absolute Gasteiger partial charge is 0.142 e. The lowest BCUT2D eigenvalue weighted by molar-refractivity contribution is 0.228. The van der Waals surface area contributed by atoms with Crippen LogP contribution >= 0.6 is 0 Å². The number of hydrogen-bond donors (Lipinski definition) is 1. The minimum absolute atomic E-state index is 0.843. The Morgan fingerprint density at radius 1 is 1.10 bits per heavy atom. The number of benzene rings is 1. The van der Waals surface area contributed by atoms with E-state index in [1.165, 1.54) is 11.1 Å². The zero-order chi connectivity index (χ0) is 13.8. The Balaban J connectivity index is 1.71. The van der Waals surface area contributed by atoms with E-state index >= 15 is 0 Å². The van der Waals surface area contributed by atoms with Crippen LogP contribution in [0.3, 0.4) is 0 Å². The lowest BCUT2D eigenvalue weighted by Crippen LogP contribution is -2.43. The summed E-state index contributed by atoms with van der Waals surface area (Å²) in [5.41, 5.74) is 3.52. The van der Waals surface area contributed by atoms with Crippen LogP contribution < -0.4 is 5.32 Å². The fourth-order valence-electron chi connectivity index (χ4n) is 2.48. The molecule has 0 atom stereocenters. The third kappa shape index (κ3) is 3.21. The molecular formula is C16H20N4. The van der Waals surface area contributed by atoms with Crippen molar-refractivity contribution >= 4 is 0 Å². The Morgan fingerprint density at radius 2 is 1.85 bits per heavy atom. The molecule has 1 N–H and O–H groups in total. The number of hydrogen-bond acceptors (Lipinski definition) is 4. The molecule has 1 saturated heterocycles. The molecule has 20 heavy (non-hydrogen) atoms. The van der Waals surface area contributed by atoms with Gasteiger partial charge in [-0.15, -0.1) is 0 Å². The zero-order valence-corrected chi connectivity index (χ0v) is 11.8. The van der Waals surface area contributed by atoms with Crippen molar-refractivity contribution in [3.63, 3.8) is 0 Å². The highest BCUT2D eigenvalue weighted by molar-refractivity contribution is 5.62. The van der Waals surface area contributed by atoms with E-state index in [1.807, 2.05) is 12.4 Å². The second-order valence-corrected chi connectivity index (χ2v) is 5.28. The summed E-state index contributed by atoms with van der Waals surface area (Å²) in [6.45, 7) is 7.20. The van der Waals surface area contributed by atoms with Crippen LogP contribution in [0, 0.1) is 6.92 Å². The van der Waals surface area contributed by atoms with Crippen LogP contribution in [0.15, 0.2) is 36.7 Å². The summed E-state index contributed by atoms with van der Waals surface area (Å²) in [7, 11) is 0. The fourth-order valence-corrected chi connectivity index (χ4v) is 2.48. The molecule has 1 aliphatic rings. The van der Waals surface area contributed by atoms with Gasteiger partial charge in [0.15, 0.2) is 0 Å². The van der Waals surface area contributed by atoms with Crippen LogP contribution in [0.2, 0.25) is 0 Å². The van der Waals surface area contributed by atoms with Gasteiger partial charge < -0.3 is 5.32 Å². The first-order valence-electron chi connectivity index (χ1n) is 7.12. The highest BCUT2D eigenvalue weighted by Crippen LogP contribution is 2.18. The topological polar surface area (TPSA) is 41.1 Å². The molecule has 0 saturated carbocycles. The van der Waals surface area contributed by atoms with E-state index in [1.54, 1.807) is 0 Å². The molecule has 0 unspecified atom stereocenters. The summed E-state index contributed by atoms with van der Waals surface area (Å²) >= 11 is 0. The lowest BCUT2D eigenvalue weighted by atomic mass is 10.1. The van der Waals surface area contributed by atoms with E-state index in [4.69, 9.17) is 0 Å². The molecule has 1 aromatic carbocycles. The summed E-state index contributed by atoms with van der Waals surface area (Å²) in [5.74, 6) is 0.906. The van der Waals surface area contributed by atoms with Crippen molar-refractivity contribution in [3.8, 4) is 11.1 Å². The number of nitrogens with zero attached hydrogens (tertiary/aromatic N) is 3. The maximum atomic E-state index is 4.51. The second-order valence-electron chi connectivity index (χ2n) is 5.28. The van der Waals surface area contributed by atoms with Gasteiger partial charge in [0.05, 0.1) is 6.54 Å². The summed E-state index contributed by atoms with van der Waals surface area (Å²) in [5, 5.41) is 3.35. The minimum Gasteiger partial charge on any atom is -0.314 e. The quantitative estimate of drug-likeness (QED) is 0.922. The summed E-state index contributed by atoms with van der Waals surface area (Å²) < 4.78 is 0. The van der Waals surface area contributed by atoms with Crippen LogP contribution in [-0.4, -0.2) is 41.0 Å². The minimum atomic E-state index is 0.843. The van der Waals surface area contributed by atoms with Gasteiger partial charge in [-0.1, -0.05) is 29.8 Å². The van der Waals surface area contributed by atoms with E-state index in [-0.39, 0.29) is 0 Å². The predicted octanol–water partition coefficient (Wildman–Crippen LogP) is 1.86. The Hall–Kier alpha value is -1.78. The van der Waals surface area contributed by atoms with Gasteiger partial charge in [-0.05, 0) is 12.5 Å². The Kier molecular flexibility index (Phi) is 4.04. The highest BCUT2D eigenvalue weighted by Gasteiger charge is 2.11. The molecule has 3 rings (SSSR count). The summed E-state index contributed by atoms with van der Waals surface area (Å²) in [6, 6.07) is 8.43. The van der Waals surface area contributed by atoms with Crippen LogP contribution in [0.1, 0.15) is 11.4 Å². The van der Waals surface area contributed by atoms with Crippen molar-refractivity contribution in [2.75, 3.05) is 26.2 Å². The Morgan fingerprint density at radius 3 is 2.55 bits per heavy atom. The predicted molar refractivity (Wildman–Crippen MR) is 80.4 cm³/mol. The summed E-state index contributed by atoms with van der Waals surface area (Å²) in [4.78, 5) is 11.4. The van der Waals surface area contributed by atoms with E-state index in [0.717, 1.165) is 44.1 Å². The monoisotopic (exact) mass is 268 g/mol. The van der Waals surface area contributed by atoms with Crippen LogP contribution in [0.5, 0.6) is 0 Å². The van der Waals surface area contributed by atoms with Crippen molar-refractivity contribution in [1.82, 2.24) is 20.2 Å². The zero-order valence-electron chi connectivity index (χ0n) is 11.8. The third-order valence-electron chi connectivity index (χ3n) is 3.63.